The van der Waals surface area contributed by atoms with Crippen molar-refractivity contribution in [2.75, 3.05) is 20.2 Å². The highest BCUT2D eigenvalue weighted by Crippen LogP contribution is 2.29. The van der Waals surface area contributed by atoms with Gasteiger partial charge in [0.05, 0.1) is 7.11 Å². The molecular weight excluding hydrogens is 328 g/mol. The van der Waals surface area contributed by atoms with Crippen LogP contribution in [0.1, 0.15) is 24.2 Å². The van der Waals surface area contributed by atoms with E-state index in [1.54, 1.807) is 7.11 Å². The first-order chi connectivity index (χ1) is 12.2. The van der Waals surface area contributed by atoms with Gasteiger partial charge in [0, 0.05) is 23.7 Å². The van der Waals surface area contributed by atoms with Crippen molar-refractivity contribution in [3.05, 3.63) is 65.5 Å². The molecule has 0 unspecified atom stereocenters. The van der Waals surface area contributed by atoms with Gasteiger partial charge in [0.2, 0.25) is 0 Å². The number of rotatable bonds is 3. The smallest absolute Gasteiger partial charge is 0.118 e. The SMILES string of the molecule is COc1ccc(SN2CCC(=CC#Cc3cccc(C)n3)CC2)cc1. The van der Waals surface area contributed by atoms with E-state index in [9.17, 15) is 0 Å². The molecule has 2 heterocycles. The van der Waals surface area contributed by atoms with Crippen molar-refractivity contribution in [2.45, 2.75) is 24.7 Å². The van der Waals surface area contributed by atoms with Gasteiger partial charge in [0.25, 0.3) is 0 Å². The van der Waals surface area contributed by atoms with E-state index in [-0.39, 0.29) is 0 Å². The molecule has 0 aliphatic carbocycles. The van der Waals surface area contributed by atoms with Crippen LogP contribution in [0.25, 0.3) is 0 Å². The molecule has 0 bridgehead atoms. The van der Waals surface area contributed by atoms with Crippen LogP contribution in [0, 0.1) is 18.8 Å². The minimum atomic E-state index is 0.837. The molecule has 4 heteroatoms. The zero-order valence-corrected chi connectivity index (χ0v) is 15.5. The van der Waals surface area contributed by atoms with Gasteiger partial charge in [-0.15, -0.1) is 0 Å². The number of aromatic nitrogens is 1. The number of hydrogen-bond acceptors (Lipinski definition) is 4. The summed E-state index contributed by atoms with van der Waals surface area (Å²) in [6.45, 7) is 4.08. The number of aryl methyl sites for hydroxylation is 1. The lowest BCUT2D eigenvalue weighted by Crippen LogP contribution is -2.24. The van der Waals surface area contributed by atoms with Crippen molar-refractivity contribution in [1.29, 1.82) is 0 Å². The highest BCUT2D eigenvalue weighted by Gasteiger charge is 2.14. The van der Waals surface area contributed by atoms with Gasteiger partial charge in [-0.3, -0.25) is 0 Å². The Morgan fingerprint density at radius 2 is 1.88 bits per heavy atom. The van der Waals surface area contributed by atoms with E-state index in [0.29, 0.717) is 0 Å². The molecule has 3 nitrogen and oxygen atoms in total. The molecule has 2 aromatic rings. The number of ether oxygens (including phenoxy) is 1. The van der Waals surface area contributed by atoms with Crippen molar-refractivity contribution in [2.24, 2.45) is 0 Å². The first-order valence-electron chi connectivity index (χ1n) is 8.43. The van der Waals surface area contributed by atoms with E-state index in [2.05, 4.69) is 39.3 Å². The van der Waals surface area contributed by atoms with Crippen LogP contribution in [0.5, 0.6) is 5.75 Å². The molecule has 3 rings (SSSR count). The third kappa shape index (κ3) is 5.38. The number of pyridine rings is 1. The summed E-state index contributed by atoms with van der Waals surface area (Å²) in [7, 11) is 1.69. The zero-order chi connectivity index (χ0) is 17.5. The molecule has 1 aliphatic heterocycles. The number of hydrogen-bond donors (Lipinski definition) is 0. The Hall–Kier alpha value is -2.22. The fraction of sp³-hybridized carbons (Fsp3) is 0.286. The number of piperidine rings is 1. The highest BCUT2D eigenvalue weighted by atomic mass is 32.2. The van der Waals surface area contributed by atoms with Crippen LogP contribution in [0.2, 0.25) is 0 Å². The molecule has 1 aliphatic rings. The molecule has 0 radical (unpaired) electrons. The second kappa shape index (κ2) is 8.75. The molecule has 0 spiro atoms. The lowest BCUT2D eigenvalue weighted by atomic mass is 10.1. The Morgan fingerprint density at radius 1 is 1.12 bits per heavy atom. The van der Waals surface area contributed by atoms with Crippen LogP contribution in [-0.2, 0) is 0 Å². The molecule has 1 aromatic carbocycles. The summed E-state index contributed by atoms with van der Waals surface area (Å²) < 4.78 is 7.61. The van der Waals surface area contributed by atoms with Gasteiger partial charge < -0.3 is 4.74 Å². The summed E-state index contributed by atoms with van der Waals surface area (Å²) in [5.74, 6) is 7.19. The summed E-state index contributed by atoms with van der Waals surface area (Å²) >= 11 is 1.81. The van der Waals surface area contributed by atoms with Gasteiger partial charge in [-0.1, -0.05) is 17.6 Å². The fourth-order valence-electron chi connectivity index (χ4n) is 2.62. The topological polar surface area (TPSA) is 25.4 Å². The molecule has 128 valence electrons. The van der Waals surface area contributed by atoms with E-state index in [1.807, 2.05) is 49.2 Å². The first-order valence-corrected chi connectivity index (χ1v) is 9.20. The summed E-state index contributed by atoms with van der Waals surface area (Å²) in [6.07, 6.45) is 4.21. The monoisotopic (exact) mass is 350 g/mol. The van der Waals surface area contributed by atoms with Gasteiger partial charge in [-0.25, -0.2) is 9.29 Å². The molecule has 0 atom stereocenters. The van der Waals surface area contributed by atoms with E-state index >= 15 is 0 Å². The molecule has 25 heavy (non-hydrogen) atoms. The van der Waals surface area contributed by atoms with E-state index < -0.39 is 0 Å². The third-order valence-electron chi connectivity index (χ3n) is 4.02. The lowest BCUT2D eigenvalue weighted by Gasteiger charge is -2.26. The van der Waals surface area contributed by atoms with Crippen LogP contribution >= 0.6 is 11.9 Å². The third-order valence-corrected chi connectivity index (χ3v) is 5.13. The van der Waals surface area contributed by atoms with Gasteiger partial charge >= 0.3 is 0 Å². The van der Waals surface area contributed by atoms with E-state index in [1.165, 1.54) is 10.5 Å². The van der Waals surface area contributed by atoms with Gasteiger partial charge in [-0.2, -0.15) is 0 Å². The first kappa shape index (κ1) is 17.6. The Labute approximate surface area is 154 Å². The molecule has 0 N–H and O–H groups in total. The number of allylic oxidation sites excluding steroid dienone is 1. The van der Waals surface area contributed by atoms with Crippen molar-refractivity contribution >= 4 is 11.9 Å². The maximum absolute atomic E-state index is 5.20. The van der Waals surface area contributed by atoms with Crippen molar-refractivity contribution in [3.63, 3.8) is 0 Å². The minimum absolute atomic E-state index is 0.837. The second-order valence-corrected chi connectivity index (χ2v) is 7.10. The Balaban J connectivity index is 1.51. The predicted molar refractivity (Wildman–Crippen MR) is 104 cm³/mol. The molecule has 1 aromatic heterocycles. The normalized spacial score (nSPS) is 14.6. The second-order valence-electron chi connectivity index (χ2n) is 5.93. The Morgan fingerprint density at radius 3 is 2.56 bits per heavy atom. The quantitative estimate of drug-likeness (QED) is 0.602. The van der Waals surface area contributed by atoms with E-state index in [0.717, 1.165) is 43.1 Å². The predicted octanol–water partition coefficient (Wildman–Crippen LogP) is 4.48. The summed E-state index contributed by atoms with van der Waals surface area (Å²) in [4.78, 5) is 5.65. The average Bonchev–Trinajstić information content (AvgIpc) is 2.64. The van der Waals surface area contributed by atoms with Crippen molar-refractivity contribution < 1.29 is 4.74 Å². The zero-order valence-electron chi connectivity index (χ0n) is 14.7. The molecule has 0 saturated carbocycles. The molecule has 0 amide bonds. The van der Waals surface area contributed by atoms with Crippen LogP contribution in [0.15, 0.2) is 59.0 Å². The Bertz CT molecular complexity index is 793. The number of nitrogens with zero attached hydrogens (tertiary/aromatic N) is 2. The van der Waals surface area contributed by atoms with Crippen molar-refractivity contribution in [3.8, 4) is 17.6 Å². The van der Waals surface area contributed by atoms with Crippen molar-refractivity contribution in [1.82, 2.24) is 9.29 Å². The average molecular weight is 350 g/mol. The van der Waals surface area contributed by atoms with Crippen LogP contribution < -0.4 is 4.74 Å². The minimum Gasteiger partial charge on any atom is -0.497 e. The van der Waals surface area contributed by atoms with Crippen LogP contribution in [-0.4, -0.2) is 29.5 Å². The standard InChI is InChI=1S/C21H22N2OS/c1-17-5-3-7-19(22-17)8-4-6-18-13-15-23(16-14-18)25-21-11-9-20(24-2)10-12-21/h3,5-7,9-12H,13-16H2,1-2H3. The fourth-order valence-corrected chi connectivity index (χ4v) is 3.54. The number of benzene rings is 1. The Kier molecular flexibility index (Phi) is 6.16. The van der Waals surface area contributed by atoms with Crippen LogP contribution in [0.4, 0.5) is 0 Å². The summed E-state index contributed by atoms with van der Waals surface area (Å²) in [5.41, 5.74) is 3.26. The van der Waals surface area contributed by atoms with Crippen LogP contribution in [0.3, 0.4) is 0 Å². The summed E-state index contributed by atoms with van der Waals surface area (Å²) in [6, 6.07) is 14.2. The lowest BCUT2D eigenvalue weighted by molar-refractivity contribution is 0.414. The molecule has 1 fully saturated rings. The van der Waals surface area contributed by atoms with E-state index in [4.69, 9.17) is 4.74 Å². The van der Waals surface area contributed by atoms with Gasteiger partial charge in [-0.05, 0) is 80.1 Å². The highest BCUT2D eigenvalue weighted by molar-refractivity contribution is 7.97. The molecular formula is C21H22N2OS. The maximum atomic E-state index is 5.20. The summed E-state index contributed by atoms with van der Waals surface area (Å²) in [5, 5.41) is 0. The molecule has 1 saturated heterocycles. The van der Waals surface area contributed by atoms with Gasteiger partial charge in [0.15, 0.2) is 0 Å². The largest absolute Gasteiger partial charge is 0.497 e. The number of methoxy groups -OCH3 is 1. The maximum Gasteiger partial charge on any atom is 0.118 e. The van der Waals surface area contributed by atoms with Gasteiger partial charge in [0.1, 0.15) is 11.4 Å².